The Morgan fingerprint density at radius 3 is 0.960 bits per heavy atom. The van der Waals surface area contributed by atoms with Crippen molar-refractivity contribution in [3.8, 4) is 11.5 Å². The molecule has 0 atom stereocenters. The number of fused-ring (bicyclic) bond motifs is 4. The summed E-state index contributed by atoms with van der Waals surface area (Å²) in [4.78, 5) is 87.2. The van der Waals surface area contributed by atoms with Gasteiger partial charge in [0.05, 0.1) is 70.1 Å². The third kappa shape index (κ3) is 20.9. The lowest BCUT2D eigenvalue weighted by Gasteiger charge is -2.32. The Morgan fingerprint density at radius 2 is 0.661 bits per heavy atom. The van der Waals surface area contributed by atoms with Crippen LogP contribution in [0.2, 0.25) is 0 Å². The number of nitrogens with one attached hydrogen (secondary N) is 6. The van der Waals surface area contributed by atoms with Gasteiger partial charge in [0.1, 0.15) is 30.5 Å². The molecule has 4 amide bonds. The van der Waals surface area contributed by atoms with E-state index in [1.165, 1.54) is 80.2 Å². The quantitative estimate of drug-likeness (QED) is 0.0349. The number of hydrogen-bond donors (Lipinski definition) is 6. The number of aromatic nitrogens is 10. The van der Waals surface area contributed by atoms with Crippen LogP contribution in [0.25, 0.3) is 44.1 Å². The predicted molar refractivity (Wildman–Crippen MR) is 460 cm³/mol. The molecule has 12 aromatic rings. The first kappa shape index (κ1) is 90.5. The summed E-state index contributed by atoms with van der Waals surface area (Å²) in [7, 11) is -1.08. The van der Waals surface area contributed by atoms with E-state index in [1.807, 2.05) is 28.2 Å². The summed E-state index contributed by atoms with van der Waals surface area (Å²) in [6.45, 7) is 10.0. The number of amides is 4. The summed E-state index contributed by atoms with van der Waals surface area (Å²) in [6, 6.07) is 18.1. The van der Waals surface area contributed by atoms with Gasteiger partial charge in [-0.2, -0.15) is 16.8 Å². The van der Waals surface area contributed by atoms with Crippen molar-refractivity contribution in [3.05, 3.63) is 156 Å². The van der Waals surface area contributed by atoms with Crippen LogP contribution in [0.1, 0.15) is 24.0 Å². The van der Waals surface area contributed by atoms with E-state index in [0.29, 0.717) is 74.4 Å². The molecule has 0 bridgehead atoms. The molecule has 4 aliphatic rings. The van der Waals surface area contributed by atoms with Gasteiger partial charge < -0.3 is 76.9 Å². The number of rotatable bonds is 24. The maximum absolute atomic E-state index is 15.4. The minimum atomic E-state index is -4.02. The molecule has 4 saturated heterocycles. The largest absolute Gasteiger partial charge is 0.478 e. The number of thiophene rings is 2. The molecule has 124 heavy (non-hydrogen) atoms. The van der Waals surface area contributed by atoms with Crippen molar-refractivity contribution in [1.29, 1.82) is 0 Å². The molecule has 664 valence electrons. The highest BCUT2D eigenvalue weighted by molar-refractivity contribution is 7.95. The number of H-pyrrole nitrogens is 2. The number of piperazine rings is 4. The number of carbonyl (C=O) groups is 4. The molecule has 0 spiro atoms. The fraction of sp³-hybridized carbons (Fsp3) is 0.385. The minimum absolute atomic E-state index is 0.0207. The second-order valence-corrected chi connectivity index (χ2v) is 39.1. The molecule has 4 aromatic carbocycles. The third-order valence-corrected chi connectivity index (χ3v) is 29.6. The lowest BCUT2D eigenvalue weighted by atomic mass is 10.0. The summed E-state index contributed by atoms with van der Waals surface area (Å²) in [5.41, 5.74) is 2.35. The summed E-state index contributed by atoms with van der Waals surface area (Å²) >= 11 is 2.12. The summed E-state index contributed by atoms with van der Waals surface area (Å²) in [5.74, 6) is -4.35. The van der Waals surface area contributed by atoms with Crippen LogP contribution in [-0.4, -0.2) is 291 Å². The molecule has 0 aliphatic carbocycles. The average Bonchev–Trinajstić information content (AvgIpc) is 1.61. The van der Waals surface area contributed by atoms with Gasteiger partial charge in [-0.15, -0.1) is 22.7 Å². The van der Waals surface area contributed by atoms with Crippen LogP contribution in [0.3, 0.4) is 0 Å². The van der Waals surface area contributed by atoms with Crippen molar-refractivity contribution in [2.75, 3.05) is 165 Å². The molecule has 8 aromatic heterocycles. The number of ether oxygens (including phenoxy) is 2. The topological polar surface area (TPSA) is 400 Å². The number of sulfonamides is 4. The number of halogens is 4. The van der Waals surface area contributed by atoms with Crippen LogP contribution < -0.4 is 28.4 Å². The van der Waals surface area contributed by atoms with Gasteiger partial charge in [0.2, 0.25) is 11.8 Å². The smallest absolute Gasteiger partial charge is 0.277 e. The number of hydrogen-bond acceptors (Lipinski definition) is 24. The van der Waals surface area contributed by atoms with Crippen LogP contribution in [0.15, 0.2) is 140 Å². The molecule has 46 heteroatoms. The lowest BCUT2D eigenvalue weighted by molar-refractivity contribution is -0.135. The van der Waals surface area contributed by atoms with Gasteiger partial charge in [-0.3, -0.25) is 38.1 Å². The highest BCUT2D eigenvalue weighted by atomic mass is 32.3. The second-order valence-electron chi connectivity index (χ2n) is 30.1. The average molecular weight is 1830 g/mol. The Morgan fingerprint density at radius 1 is 0.379 bits per heavy atom. The first-order chi connectivity index (χ1) is 59.0. The fourth-order valence-electron chi connectivity index (χ4n) is 14.1. The monoisotopic (exact) mass is 1830 g/mol. The molecule has 6 N–H and O–H groups in total. The molecule has 0 unspecified atom stereocenters. The molecule has 4 aliphatic heterocycles. The molecule has 4 fully saturated rings. The van der Waals surface area contributed by atoms with Gasteiger partial charge in [-0.05, 0) is 112 Å². The van der Waals surface area contributed by atoms with Crippen molar-refractivity contribution in [1.82, 2.24) is 87.4 Å². The Labute approximate surface area is 720 Å². The number of aromatic amines is 2. The third-order valence-electron chi connectivity index (χ3n) is 21.5. The van der Waals surface area contributed by atoms with Gasteiger partial charge in [-0.1, -0.05) is 12.1 Å². The fourth-order valence-corrected chi connectivity index (χ4v) is 20.3. The van der Waals surface area contributed by atoms with Crippen LogP contribution >= 0.6 is 22.7 Å². The summed E-state index contributed by atoms with van der Waals surface area (Å²) in [5, 5.41) is 3.18. The van der Waals surface area contributed by atoms with E-state index in [9.17, 15) is 52.8 Å². The normalized spacial score (nSPS) is 15.5. The van der Waals surface area contributed by atoms with Crippen molar-refractivity contribution in [2.45, 2.75) is 44.2 Å². The molecule has 36 nitrogen and oxygen atoms in total. The van der Waals surface area contributed by atoms with Crippen LogP contribution in [-0.2, 0) is 100 Å². The molecular formula is C78H94F4N22O14S6. The number of aryl methyl sites for hydroxylation is 4. The number of nitrogens with zero attached hydrogens (tertiary/aromatic N) is 16. The zero-order valence-corrected chi connectivity index (χ0v) is 73.8. The Kier molecular flexibility index (Phi) is 28.1. The van der Waals surface area contributed by atoms with E-state index < -0.39 is 76.6 Å². The number of imidazole rings is 4. The zero-order valence-electron chi connectivity index (χ0n) is 68.9. The van der Waals surface area contributed by atoms with Crippen LogP contribution in [0.5, 0.6) is 11.5 Å². The second kappa shape index (κ2) is 38.5. The van der Waals surface area contributed by atoms with Crippen molar-refractivity contribution >= 4 is 153 Å². The van der Waals surface area contributed by atoms with Gasteiger partial charge in [0, 0.05) is 169 Å². The maximum atomic E-state index is 15.4. The maximum Gasteiger partial charge on any atom is 0.277 e. The number of anilines is 4. The van der Waals surface area contributed by atoms with E-state index in [-0.39, 0.29) is 135 Å². The highest BCUT2D eigenvalue weighted by Gasteiger charge is 2.32. The van der Waals surface area contributed by atoms with Crippen molar-refractivity contribution in [3.63, 3.8) is 0 Å². The molecular weight excluding hydrogens is 1740 g/mol. The molecule has 16 rings (SSSR count). The van der Waals surface area contributed by atoms with Gasteiger partial charge in [-0.25, -0.2) is 54.3 Å². The summed E-state index contributed by atoms with van der Waals surface area (Å²) < 4.78 is 190. The lowest BCUT2D eigenvalue weighted by Crippen LogP contribution is -2.48. The number of likely N-dealkylation sites (N-methyl/N-ethyl adjacent to an activating group) is 4. The zero-order chi connectivity index (χ0) is 88.7. The van der Waals surface area contributed by atoms with Crippen LogP contribution in [0.4, 0.5) is 40.3 Å². The molecule has 0 saturated carbocycles. The standard InChI is InChI=1S/C20H25FN6O3S.C20H24FN5O3S2.C19H23FN6O4S.C19H22FN5O4S2/c1-25-8-10-27(11-9-25)18(28)6-5-14-15(24-31(29,30)17-4-3-7-22-17)12-16-20(19(14)21)23-13-26(16)2;1-24-7-9-26(10-8-24)17(27)6-5-14-15(23-31(28,29)18-4-3-11-30-18)12-16-20(19(14)21)22-13-25(16)2;1-24-6-8-26(9-7-24)16(27)11-30-19-13(23-31(28,29)15-4-3-5-21-15)10-14-18(17(19)20)22-12-25(14)2;1-23-5-7-25(8-6-23)15(26)11-29-19-13(22-31(27,28)16-4-3-9-30-16)10-14-18(17(19)20)21-12-24(14)2/h3-4,7,12-13,22,24H,5-6,8-11H2,1-2H3;3-4,11-13,23H,5-10H2,1-2H3;3-5,10,12,21,23H,6-9,11H2,1-2H3;3-4,9-10,12,22H,5-8,11H2,1-2H3. The Hall–Kier alpha value is -11.2. The van der Waals surface area contributed by atoms with Crippen LogP contribution in [0, 0.1) is 23.3 Å². The van der Waals surface area contributed by atoms with Gasteiger partial charge in [0.25, 0.3) is 51.9 Å². The Bertz CT molecular complexity index is 5560. The molecule has 0 radical (unpaired) electrons. The predicted octanol–water partition coefficient (Wildman–Crippen LogP) is 6.55. The molecule has 12 heterocycles. The number of benzene rings is 4. The van der Waals surface area contributed by atoms with Crippen molar-refractivity contribution in [2.24, 2.45) is 28.2 Å². The number of carbonyl (C=O) groups excluding carboxylic acids is 4. The first-order valence-corrected chi connectivity index (χ1v) is 46.8. The highest BCUT2D eigenvalue weighted by Crippen LogP contribution is 2.39. The van der Waals surface area contributed by atoms with E-state index in [0.717, 1.165) is 75.0 Å². The van der Waals surface area contributed by atoms with Gasteiger partial charge in [0.15, 0.2) is 58.0 Å². The minimum Gasteiger partial charge on any atom is -0.478 e. The van der Waals surface area contributed by atoms with Crippen molar-refractivity contribution < 1.29 is 79.9 Å². The summed E-state index contributed by atoms with van der Waals surface area (Å²) in [6.07, 6.45) is 9.04. The van der Waals surface area contributed by atoms with Gasteiger partial charge >= 0.3 is 0 Å². The van der Waals surface area contributed by atoms with E-state index in [1.54, 1.807) is 107 Å². The Balaban J connectivity index is 0.000000142. The van der Waals surface area contributed by atoms with E-state index in [4.69, 9.17) is 9.47 Å². The van der Waals surface area contributed by atoms with E-state index in [2.05, 4.69) is 68.4 Å². The SMILES string of the molecule is CN1CCN(C(=O)CCc2c(NS(=O)(=O)c3ccc[nH]3)cc3c(ncn3C)c2F)CC1.CN1CCN(C(=O)CCc2c(NS(=O)(=O)c3cccs3)cc3c(ncn3C)c2F)CC1.CN1CCN(C(=O)COc2c(NS(=O)(=O)c3ccc[nH]3)cc3c(ncn3C)c2F)CC1.CN1CCN(C(=O)COc2c(NS(=O)(=O)c3cccs3)cc3c(ncn3C)c2F)CC1. The first-order valence-electron chi connectivity index (χ1n) is 39.1. The van der Waals surface area contributed by atoms with E-state index >= 15 is 17.6 Å².